The van der Waals surface area contributed by atoms with Gasteiger partial charge in [0.2, 0.25) is 5.91 Å². The van der Waals surface area contributed by atoms with Crippen LogP contribution in [0.25, 0.3) is 0 Å². The first-order valence-corrected chi connectivity index (χ1v) is 6.91. The Balaban J connectivity index is 2.77. The van der Waals surface area contributed by atoms with Crippen molar-refractivity contribution >= 4 is 33.6 Å². The Kier molecular flexibility index (Phi) is 6.57. The average Bonchev–Trinajstić information content (AvgIpc) is 2.45. The van der Waals surface area contributed by atoms with E-state index in [2.05, 4.69) is 21.2 Å². The Morgan fingerprint density at radius 1 is 1.41 bits per heavy atom. The normalized spacial score (nSPS) is 9.91. The number of nitrogens with one attached hydrogen (secondary N) is 1. The molecule has 22 heavy (non-hydrogen) atoms. The summed E-state index contributed by atoms with van der Waals surface area (Å²) in [5.74, 6) is -0.823. The third-order valence-corrected chi connectivity index (χ3v) is 3.08. The molecule has 1 rings (SSSR count). The summed E-state index contributed by atoms with van der Waals surface area (Å²) in [6, 6.07) is 2.45. The Morgan fingerprint density at radius 3 is 2.64 bits per heavy atom. The second-order valence-corrected chi connectivity index (χ2v) is 4.87. The number of alkyl carbamates (subject to hydrolysis) is 1. The van der Waals surface area contributed by atoms with Gasteiger partial charge >= 0.3 is 11.8 Å². The molecule has 9 nitrogen and oxygen atoms in total. The zero-order valence-corrected chi connectivity index (χ0v) is 13.2. The number of carbonyl (C=O) groups is 2. The van der Waals surface area contributed by atoms with Gasteiger partial charge in [0.05, 0.1) is 18.1 Å². The van der Waals surface area contributed by atoms with Gasteiger partial charge < -0.3 is 20.5 Å². The quantitative estimate of drug-likeness (QED) is 0.422. The van der Waals surface area contributed by atoms with Gasteiger partial charge in [0.15, 0.2) is 5.75 Å². The summed E-state index contributed by atoms with van der Waals surface area (Å²) in [5.41, 5.74) is 4.92. The van der Waals surface area contributed by atoms with Crippen molar-refractivity contribution < 1.29 is 24.0 Å². The van der Waals surface area contributed by atoms with E-state index in [1.165, 1.54) is 19.2 Å². The first kappa shape index (κ1) is 17.7. The molecule has 0 saturated heterocycles. The van der Waals surface area contributed by atoms with Gasteiger partial charge in [-0.15, -0.1) is 0 Å². The third-order valence-electron chi connectivity index (χ3n) is 2.48. The number of carbonyl (C=O) groups excluding carboxylic acids is 2. The molecule has 2 amide bonds. The van der Waals surface area contributed by atoms with Crippen molar-refractivity contribution in [2.45, 2.75) is 6.42 Å². The van der Waals surface area contributed by atoms with Crippen LogP contribution in [0.5, 0.6) is 5.75 Å². The summed E-state index contributed by atoms with van der Waals surface area (Å²) >= 11 is 3.01. The van der Waals surface area contributed by atoms with E-state index in [0.29, 0.717) is 6.42 Å². The van der Waals surface area contributed by atoms with E-state index in [-0.39, 0.29) is 34.7 Å². The lowest BCUT2D eigenvalue weighted by molar-refractivity contribution is -0.386. The van der Waals surface area contributed by atoms with Gasteiger partial charge in [0, 0.05) is 25.1 Å². The second kappa shape index (κ2) is 8.17. The van der Waals surface area contributed by atoms with Crippen LogP contribution < -0.4 is 15.8 Å². The van der Waals surface area contributed by atoms with E-state index in [9.17, 15) is 19.7 Å². The molecule has 0 aliphatic carbocycles. The van der Waals surface area contributed by atoms with Crippen LogP contribution in [0.15, 0.2) is 16.6 Å². The number of hydrogen-bond donors (Lipinski definition) is 2. The molecule has 0 aromatic heterocycles. The fourth-order valence-electron chi connectivity index (χ4n) is 1.48. The zero-order chi connectivity index (χ0) is 16.7. The van der Waals surface area contributed by atoms with Crippen molar-refractivity contribution in [3.63, 3.8) is 0 Å². The average molecular weight is 376 g/mol. The van der Waals surface area contributed by atoms with Crippen molar-refractivity contribution in [3.8, 4) is 5.75 Å². The molecule has 0 radical (unpaired) electrons. The number of halogens is 1. The molecule has 0 unspecified atom stereocenters. The molecule has 0 aliphatic heterocycles. The minimum Gasteiger partial charge on any atom is -0.487 e. The van der Waals surface area contributed by atoms with E-state index >= 15 is 0 Å². The highest BCUT2D eigenvalue weighted by Gasteiger charge is 2.22. The minimum absolute atomic E-state index is 0.0620. The molecule has 0 saturated carbocycles. The maximum atomic E-state index is 11.2. The fraction of sp³-hybridized carbons (Fsp3) is 0.333. The standard InChI is InChI=1S/C12H14BrN3O6/c1-15-12(18)22-4-2-3-21-9-6-7(11(14)17)5-8(13)10(9)16(19)20/h5-6H,2-4H2,1H3,(H2,14,17)(H,15,18). The second-order valence-electron chi connectivity index (χ2n) is 4.01. The molecule has 0 bridgehead atoms. The highest BCUT2D eigenvalue weighted by molar-refractivity contribution is 9.10. The number of hydrogen-bond acceptors (Lipinski definition) is 6. The first-order valence-electron chi connectivity index (χ1n) is 6.11. The predicted octanol–water partition coefficient (Wildman–Crippen LogP) is 1.58. The highest BCUT2D eigenvalue weighted by Crippen LogP contribution is 2.36. The summed E-state index contributed by atoms with van der Waals surface area (Å²) in [5, 5.41) is 13.3. The van der Waals surface area contributed by atoms with E-state index in [4.69, 9.17) is 15.2 Å². The van der Waals surface area contributed by atoms with E-state index < -0.39 is 16.9 Å². The fourth-order valence-corrected chi connectivity index (χ4v) is 2.07. The largest absolute Gasteiger partial charge is 0.487 e. The number of nitrogens with zero attached hydrogens (tertiary/aromatic N) is 1. The highest BCUT2D eigenvalue weighted by atomic mass is 79.9. The van der Waals surface area contributed by atoms with Gasteiger partial charge in [-0.3, -0.25) is 14.9 Å². The summed E-state index contributed by atoms with van der Waals surface area (Å²) in [7, 11) is 1.43. The molecule has 1 aromatic rings. The van der Waals surface area contributed by atoms with Crippen molar-refractivity contribution in [1.29, 1.82) is 0 Å². The molecule has 0 heterocycles. The molecule has 0 fully saturated rings. The van der Waals surface area contributed by atoms with Crippen LogP contribution in [0.1, 0.15) is 16.8 Å². The molecular weight excluding hydrogens is 362 g/mol. The van der Waals surface area contributed by atoms with Crippen molar-refractivity contribution in [1.82, 2.24) is 5.32 Å². The van der Waals surface area contributed by atoms with Gasteiger partial charge in [-0.25, -0.2) is 4.79 Å². The first-order chi connectivity index (χ1) is 10.4. The van der Waals surface area contributed by atoms with Gasteiger partial charge in [0.1, 0.15) is 4.47 Å². The molecule has 0 spiro atoms. The van der Waals surface area contributed by atoms with Crippen LogP contribution in [0.3, 0.4) is 0 Å². The third kappa shape index (κ3) is 4.88. The topological polar surface area (TPSA) is 134 Å². The lowest BCUT2D eigenvalue weighted by Crippen LogP contribution is -2.20. The lowest BCUT2D eigenvalue weighted by atomic mass is 10.2. The van der Waals surface area contributed by atoms with Crippen LogP contribution in [0.2, 0.25) is 0 Å². The molecule has 3 N–H and O–H groups in total. The maximum absolute atomic E-state index is 11.2. The minimum atomic E-state index is -0.733. The zero-order valence-electron chi connectivity index (χ0n) is 11.6. The number of benzene rings is 1. The van der Waals surface area contributed by atoms with Crippen LogP contribution in [0, 0.1) is 10.1 Å². The molecule has 10 heteroatoms. The molecular formula is C12H14BrN3O6. The monoisotopic (exact) mass is 375 g/mol. The van der Waals surface area contributed by atoms with Gasteiger partial charge in [-0.05, 0) is 22.0 Å². The number of nitrogens with two attached hydrogens (primary N) is 1. The molecule has 120 valence electrons. The van der Waals surface area contributed by atoms with Crippen molar-refractivity contribution in [3.05, 3.63) is 32.3 Å². The van der Waals surface area contributed by atoms with Gasteiger partial charge in [0.25, 0.3) is 0 Å². The Hall–Kier alpha value is -2.36. The predicted molar refractivity (Wildman–Crippen MR) is 79.8 cm³/mol. The van der Waals surface area contributed by atoms with E-state index in [1.54, 1.807) is 0 Å². The van der Waals surface area contributed by atoms with Crippen LogP contribution >= 0.6 is 15.9 Å². The number of primary amides is 1. The number of nitro benzene ring substituents is 1. The number of rotatable bonds is 7. The summed E-state index contributed by atoms with van der Waals surface area (Å²) < 4.78 is 10.1. The SMILES string of the molecule is CNC(=O)OCCCOc1cc(C(N)=O)cc(Br)c1[N+](=O)[O-]. The number of amides is 2. The van der Waals surface area contributed by atoms with Crippen LogP contribution in [-0.4, -0.2) is 37.2 Å². The Labute approximate surface area is 134 Å². The number of nitro groups is 1. The number of ether oxygens (including phenoxy) is 2. The summed E-state index contributed by atoms with van der Waals surface area (Å²) in [6.07, 6.45) is -0.257. The Bertz CT molecular complexity index is 592. The van der Waals surface area contributed by atoms with E-state index in [1.807, 2.05) is 0 Å². The smallest absolute Gasteiger partial charge is 0.406 e. The Morgan fingerprint density at radius 2 is 2.09 bits per heavy atom. The van der Waals surface area contributed by atoms with Crippen LogP contribution in [-0.2, 0) is 4.74 Å². The van der Waals surface area contributed by atoms with Gasteiger partial charge in [-0.2, -0.15) is 0 Å². The summed E-state index contributed by atoms with van der Waals surface area (Å²) in [4.78, 5) is 32.4. The van der Waals surface area contributed by atoms with Gasteiger partial charge in [-0.1, -0.05) is 0 Å². The summed E-state index contributed by atoms with van der Waals surface area (Å²) in [6.45, 7) is 0.149. The maximum Gasteiger partial charge on any atom is 0.406 e. The van der Waals surface area contributed by atoms with Crippen molar-refractivity contribution in [2.75, 3.05) is 20.3 Å². The molecule has 1 aromatic carbocycles. The lowest BCUT2D eigenvalue weighted by Gasteiger charge is -2.09. The molecule has 0 atom stereocenters. The molecule has 0 aliphatic rings. The van der Waals surface area contributed by atoms with Crippen LogP contribution in [0.4, 0.5) is 10.5 Å². The van der Waals surface area contributed by atoms with E-state index in [0.717, 1.165) is 0 Å². The van der Waals surface area contributed by atoms with Crippen molar-refractivity contribution in [2.24, 2.45) is 5.73 Å².